The largest absolute Gasteiger partial charge is 0.497 e. The van der Waals surface area contributed by atoms with Gasteiger partial charge >= 0.3 is 0 Å². The van der Waals surface area contributed by atoms with Gasteiger partial charge < -0.3 is 20.1 Å². The molecule has 0 radical (unpaired) electrons. The SMILES string of the molecule is COc1ccc(NC(=O)Cn2nnc(-c3ccccc3NC(=O)COc3ccc(C)cc3)n2)cc1. The Morgan fingerprint density at radius 1 is 0.886 bits per heavy atom. The quantitative estimate of drug-likeness (QED) is 0.383. The van der Waals surface area contributed by atoms with Crippen LogP contribution in [0.3, 0.4) is 0 Å². The van der Waals surface area contributed by atoms with Crippen LogP contribution in [0.25, 0.3) is 11.4 Å². The number of hydrogen-bond donors (Lipinski definition) is 2. The Hall–Kier alpha value is -4.73. The summed E-state index contributed by atoms with van der Waals surface area (Å²) in [5, 5.41) is 17.9. The van der Waals surface area contributed by atoms with Gasteiger partial charge in [0, 0.05) is 11.3 Å². The van der Waals surface area contributed by atoms with E-state index in [1.54, 1.807) is 55.6 Å². The normalized spacial score (nSPS) is 10.5. The van der Waals surface area contributed by atoms with Gasteiger partial charge in [-0.1, -0.05) is 29.8 Å². The first-order valence-electron chi connectivity index (χ1n) is 10.8. The maximum absolute atomic E-state index is 12.4. The molecule has 0 aliphatic rings. The molecule has 178 valence electrons. The average molecular weight is 473 g/mol. The van der Waals surface area contributed by atoms with Gasteiger partial charge in [0.15, 0.2) is 6.61 Å². The first-order valence-corrected chi connectivity index (χ1v) is 10.8. The Kier molecular flexibility index (Phi) is 7.31. The van der Waals surface area contributed by atoms with Crippen molar-refractivity contribution in [1.82, 2.24) is 20.2 Å². The molecule has 0 unspecified atom stereocenters. The zero-order valence-corrected chi connectivity index (χ0v) is 19.3. The molecule has 10 heteroatoms. The molecule has 0 fully saturated rings. The van der Waals surface area contributed by atoms with E-state index in [1.807, 2.05) is 31.2 Å². The van der Waals surface area contributed by atoms with Gasteiger partial charge in [-0.25, -0.2) is 0 Å². The number of carbonyl (C=O) groups excluding carboxylic acids is 2. The summed E-state index contributed by atoms with van der Waals surface area (Å²) in [6.07, 6.45) is 0. The highest BCUT2D eigenvalue weighted by Gasteiger charge is 2.15. The monoisotopic (exact) mass is 472 g/mol. The van der Waals surface area contributed by atoms with Gasteiger partial charge in [0.05, 0.1) is 12.8 Å². The van der Waals surface area contributed by atoms with Gasteiger partial charge in [-0.3, -0.25) is 9.59 Å². The molecule has 1 aromatic heterocycles. The summed E-state index contributed by atoms with van der Waals surface area (Å²) >= 11 is 0. The minimum atomic E-state index is -0.329. The predicted octanol–water partition coefficient (Wildman–Crippen LogP) is 3.31. The van der Waals surface area contributed by atoms with Gasteiger partial charge in [0.1, 0.15) is 18.0 Å². The molecule has 1 heterocycles. The fourth-order valence-corrected chi connectivity index (χ4v) is 3.18. The number of aromatic nitrogens is 4. The molecule has 0 saturated heterocycles. The summed E-state index contributed by atoms with van der Waals surface area (Å²) in [4.78, 5) is 26.0. The topological polar surface area (TPSA) is 120 Å². The number of amides is 2. The lowest BCUT2D eigenvalue weighted by atomic mass is 10.1. The number of anilines is 2. The van der Waals surface area contributed by atoms with E-state index in [9.17, 15) is 9.59 Å². The van der Waals surface area contributed by atoms with E-state index >= 15 is 0 Å². The summed E-state index contributed by atoms with van der Waals surface area (Å²) in [5.41, 5.74) is 2.80. The highest BCUT2D eigenvalue weighted by molar-refractivity contribution is 5.95. The molecule has 0 saturated carbocycles. The first kappa shape index (κ1) is 23.4. The van der Waals surface area contributed by atoms with Crippen molar-refractivity contribution >= 4 is 23.2 Å². The number of nitrogens with one attached hydrogen (secondary N) is 2. The number of carbonyl (C=O) groups is 2. The van der Waals surface area contributed by atoms with Crippen molar-refractivity contribution in [2.75, 3.05) is 24.4 Å². The summed E-state index contributed by atoms with van der Waals surface area (Å²) in [5.74, 6) is 0.936. The molecular formula is C25H24N6O4. The molecule has 4 aromatic rings. The Morgan fingerprint density at radius 3 is 2.34 bits per heavy atom. The second-order valence-electron chi connectivity index (χ2n) is 7.62. The van der Waals surface area contributed by atoms with Crippen molar-refractivity contribution < 1.29 is 19.1 Å². The third-order valence-corrected chi connectivity index (χ3v) is 4.94. The van der Waals surface area contributed by atoms with Gasteiger partial charge in [0.25, 0.3) is 5.91 Å². The van der Waals surface area contributed by atoms with E-state index in [4.69, 9.17) is 9.47 Å². The number of nitrogens with zero attached hydrogens (tertiary/aromatic N) is 4. The molecular weight excluding hydrogens is 448 g/mol. The van der Waals surface area contributed by atoms with Crippen LogP contribution in [0, 0.1) is 6.92 Å². The van der Waals surface area contributed by atoms with Crippen molar-refractivity contribution in [2.24, 2.45) is 0 Å². The molecule has 4 rings (SSSR count). The number of benzene rings is 3. The number of aryl methyl sites for hydroxylation is 1. The second kappa shape index (κ2) is 10.9. The van der Waals surface area contributed by atoms with Crippen LogP contribution in [-0.2, 0) is 16.1 Å². The van der Waals surface area contributed by atoms with Gasteiger partial charge in [-0.2, -0.15) is 4.80 Å². The summed E-state index contributed by atoms with van der Waals surface area (Å²) in [6, 6.07) is 21.5. The van der Waals surface area contributed by atoms with Crippen LogP contribution in [0.1, 0.15) is 5.56 Å². The van der Waals surface area contributed by atoms with Crippen LogP contribution in [0.4, 0.5) is 11.4 Å². The molecule has 0 atom stereocenters. The van der Waals surface area contributed by atoms with E-state index in [0.29, 0.717) is 28.4 Å². The first-order chi connectivity index (χ1) is 17.0. The number of methoxy groups -OCH3 is 1. The average Bonchev–Trinajstić information content (AvgIpc) is 3.32. The zero-order valence-electron chi connectivity index (χ0n) is 19.3. The number of rotatable bonds is 9. The van der Waals surface area contributed by atoms with E-state index in [0.717, 1.165) is 5.56 Å². The fourth-order valence-electron chi connectivity index (χ4n) is 3.18. The van der Waals surface area contributed by atoms with Crippen molar-refractivity contribution in [3.8, 4) is 22.9 Å². The van der Waals surface area contributed by atoms with Crippen molar-refractivity contribution in [1.29, 1.82) is 0 Å². The Labute approximate surface area is 201 Å². The standard InChI is InChI=1S/C25H24N6O4/c1-17-7-11-20(12-8-17)35-16-24(33)27-22-6-4-3-5-21(22)25-28-30-31(29-25)15-23(32)26-18-9-13-19(34-2)14-10-18/h3-14H,15-16H2,1-2H3,(H,26,32)(H,27,33). The number of para-hydroxylation sites is 1. The van der Waals surface area contributed by atoms with E-state index < -0.39 is 0 Å². The maximum Gasteiger partial charge on any atom is 0.262 e. The third kappa shape index (κ3) is 6.41. The molecule has 35 heavy (non-hydrogen) atoms. The predicted molar refractivity (Wildman–Crippen MR) is 130 cm³/mol. The minimum Gasteiger partial charge on any atom is -0.497 e. The Bertz CT molecular complexity index is 1300. The molecule has 0 aliphatic carbocycles. The van der Waals surface area contributed by atoms with Crippen LogP contribution >= 0.6 is 0 Å². The van der Waals surface area contributed by atoms with Crippen LogP contribution in [0.15, 0.2) is 72.8 Å². The smallest absolute Gasteiger partial charge is 0.262 e. The van der Waals surface area contributed by atoms with Gasteiger partial charge in [0.2, 0.25) is 11.7 Å². The second-order valence-corrected chi connectivity index (χ2v) is 7.62. The number of ether oxygens (including phenoxy) is 2. The molecule has 2 amide bonds. The molecule has 2 N–H and O–H groups in total. The number of hydrogen-bond acceptors (Lipinski definition) is 7. The minimum absolute atomic E-state index is 0.127. The highest BCUT2D eigenvalue weighted by atomic mass is 16.5. The molecule has 0 aliphatic heterocycles. The summed E-state index contributed by atoms with van der Waals surface area (Å²) in [6.45, 7) is 1.70. The lowest BCUT2D eigenvalue weighted by molar-refractivity contribution is -0.118. The van der Waals surface area contributed by atoms with E-state index in [1.165, 1.54) is 4.80 Å². The summed E-state index contributed by atoms with van der Waals surface area (Å²) in [7, 11) is 1.57. The van der Waals surface area contributed by atoms with E-state index in [-0.39, 0.29) is 30.8 Å². The van der Waals surface area contributed by atoms with Crippen LogP contribution in [0.5, 0.6) is 11.5 Å². The molecule has 10 nitrogen and oxygen atoms in total. The lowest BCUT2D eigenvalue weighted by Crippen LogP contribution is -2.21. The molecule has 0 spiro atoms. The van der Waals surface area contributed by atoms with Gasteiger partial charge in [-0.05, 0) is 60.7 Å². The zero-order chi connectivity index (χ0) is 24.6. The van der Waals surface area contributed by atoms with Crippen molar-refractivity contribution in [2.45, 2.75) is 13.5 Å². The van der Waals surface area contributed by atoms with E-state index in [2.05, 4.69) is 26.0 Å². The Morgan fingerprint density at radius 2 is 1.60 bits per heavy atom. The van der Waals surface area contributed by atoms with Crippen LogP contribution in [-0.4, -0.2) is 45.7 Å². The highest BCUT2D eigenvalue weighted by Crippen LogP contribution is 2.24. The maximum atomic E-state index is 12.4. The third-order valence-electron chi connectivity index (χ3n) is 4.94. The molecule has 0 bridgehead atoms. The molecule has 3 aromatic carbocycles. The fraction of sp³-hybridized carbons (Fsp3) is 0.160. The number of tetrazole rings is 1. The lowest BCUT2D eigenvalue weighted by Gasteiger charge is -2.10. The van der Waals surface area contributed by atoms with Crippen LogP contribution in [0.2, 0.25) is 0 Å². The van der Waals surface area contributed by atoms with Gasteiger partial charge in [-0.15, -0.1) is 10.2 Å². The summed E-state index contributed by atoms with van der Waals surface area (Å²) < 4.78 is 10.6. The Balaban J connectivity index is 1.37. The van der Waals surface area contributed by atoms with Crippen molar-refractivity contribution in [3.63, 3.8) is 0 Å². The van der Waals surface area contributed by atoms with Crippen LogP contribution < -0.4 is 20.1 Å². The van der Waals surface area contributed by atoms with Crippen molar-refractivity contribution in [3.05, 3.63) is 78.4 Å².